The minimum Gasteiger partial charge on any atom is -0.496 e. The lowest BCUT2D eigenvalue weighted by molar-refractivity contribution is -0.121. The van der Waals surface area contributed by atoms with E-state index in [1.54, 1.807) is 30.3 Å². The smallest absolute Gasteiger partial charge is 0.269 e. The highest BCUT2D eigenvalue weighted by molar-refractivity contribution is 6.30. The van der Waals surface area contributed by atoms with E-state index in [1.165, 1.54) is 7.11 Å². The van der Waals surface area contributed by atoms with E-state index in [1.807, 2.05) is 12.1 Å². The Morgan fingerprint density at radius 1 is 1.04 bits per heavy atom. The molecular weight excluding hydrogens is 366 g/mol. The zero-order valence-corrected chi connectivity index (χ0v) is 16.5. The first-order valence-electron chi connectivity index (χ1n) is 8.75. The van der Waals surface area contributed by atoms with Crippen molar-refractivity contribution in [3.63, 3.8) is 0 Å². The van der Waals surface area contributed by atoms with Crippen molar-refractivity contribution in [3.05, 3.63) is 58.6 Å². The van der Waals surface area contributed by atoms with Crippen LogP contribution in [0.15, 0.2) is 42.5 Å². The molecule has 0 bridgehead atoms. The number of hydrazine groups is 1. The van der Waals surface area contributed by atoms with Gasteiger partial charge in [-0.3, -0.25) is 20.4 Å². The van der Waals surface area contributed by atoms with Gasteiger partial charge in [0.1, 0.15) is 5.75 Å². The maximum atomic E-state index is 12.2. The van der Waals surface area contributed by atoms with Gasteiger partial charge in [-0.15, -0.1) is 0 Å². The van der Waals surface area contributed by atoms with Crippen LogP contribution in [0.4, 0.5) is 5.69 Å². The number of hydrogen-bond donors (Lipinski definition) is 2. The summed E-state index contributed by atoms with van der Waals surface area (Å²) in [5.41, 5.74) is 6.99. The fraction of sp³-hybridized carbons (Fsp3) is 0.300. The number of halogens is 1. The van der Waals surface area contributed by atoms with Crippen molar-refractivity contribution >= 4 is 29.1 Å². The van der Waals surface area contributed by atoms with Gasteiger partial charge in [0.25, 0.3) is 5.91 Å². The Kier molecular flexibility index (Phi) is 7.49. The summed E-state index contributed by atoms with van der Waals surface area (Å²) >= 11 is 5.96. The lowest BCUT2D eigenvalue weighted by Crippen LogP contribution is -2.42. The zero-order valence-electron chi connectivity index (χ0n) is 15.7. The van der Waals surface area contributed by atoms with Gasteiger partial charge in [-0.2, -0.15) is 0 Å². The Balaban J connectivity index is 1.93. The summed E-state index contributed by atoms with van der Waals surface area (Å²) in [6, 6.07) is 12.3. The minimum absolute atomic E-state index is 0.0326. The number of amides is 2. The number of hydrogen-bond acceptors (Lipinski definition) is 4. The van der Waals surface area contributed by atoms with Crippen molar-refractivity contribution in [1.82, 2.24) is 10.9 Å². The molecular formula is C20H24ClN3O3. The molecule has 0 aromatic heterocycles. The molecule has 0 aliphatic rings. The largest absolute Gasteiger partial charge is 0.496 e. The van der Waals surface area contributed by atoms with Gasteiger partial charge in [0.2, 0.25) is 5.91 Å². The number of rotatable bonds is 7. The van der Waals surface area contributed by atoms with Gasteiger partial charge in [-0.25, -0.2) is 0 Å². The first-order valence-corrected chi connectivity index (χ1v) is 9.12. The summed E-state index contributed by atoms with van der Waals surface area (Å²) < 4.78 is 5.22. The van der Waals surface area contributed by atoms with Crippen molar-refractivity contribution in [2.45, 2.75) is 20.3 Å². The Morgan fingerprint density at radius 3 is 2.30 bits per heavy atom. The molecule has 0 saturated heterocycles. The third-order valence-electron chi connectivity index (χ3n) is 4.17. The highest BCUT2D eigenvalue weighted by Crippen LogP contribution is 2.23. The molecule has 0 spiro atoms. The fourth-order valence-corrected chi connectivity index (χ4v) is 2.91. The number of nitrogens with one attached hydrogen (secondary N) is 2. The van der Waals surface area contributed by atoms with Gasteiger partial charge in [-0.1, -0.05) is 11.6 Å². The van der Waals surface area contributed by atoms with Crippen LogP contribution in [0, 0.1) is 0 Å². The second kappa shape index (κ2) is 9.83. The molecule has 2 aromatic rings. The Bertz CT molecular complexity index is 790. The van der Waals surface area contributed by atoms with Gasteiger partial charge in [-0.05, 0) is 56.3 Å². The monoisotopic (exact) mass is 389 g/mol. The Labute approximate surface area is 164 Å². The first kappa shape index (κ1) is 20.6. The predicted octanol–water partition coefficient (Wildman–Crippen LogP) is 3.20. The van der Waals surface area contributed by atoms with Gasteiger partial charge in [0.15, 0.2) is 0 Å². The van der Waals surface area contributed by atoms with Crippen molar-refractivity contribution in [2.24, 2.45) is 0 Å². The molecule has 0 atom stereocenters. The molecule has 2 rings (SSSR count). The van der Waals surface area contributed by atoms with E-state index in [0.717, 1.165) is 18.8 Å². The minimum atomic E-state index is -0.382. The number of nitrogens with zero attached hydrogens (tertiary/aromatic N) is 1. The molecule has 0 saturated carbocycles. The van der Waals surface area contributed by atoms with Crippen LogP contribution in [-0.4, -0.2) is 32.0 Å². The molecule has 144 valence electrons. The van der Waals surface area contributed by atoms with Gasteiger partial charge in [0, 0.05) is 34.9 Å². The third-order valence-corrected chi connectivity index (χ3v) is 4.40. The summed E-state index contributed by atoms with van der Waals surface area (Å²) in [7, 11) is 1.52. The van der Waals surface area contributed by atoms with E-state index in [-0.39, 0.29) is 18.2 Å². The summed E-state index contributed by atoms with van der Waals surface area (Å²) in [5, 5.41) is 0.510. The van der Waals surface area contributed by atoms with E-state index in [4.69, 9.17) is 16.3 Å². The van der Waals surface area contributed by atoms with Crippen LogP contribution in [0.1, 0.15) is 29.8 Å². The van der Waals surface area contributed by atoms with Crippen LogP contribution >= 0.6 is 11.6 Å². The number of methoxy groups -OCH3 is 1. The second-order valence-corrected chi connectivity index (χ2v) is 6.29. The van der Waals surface area contributed by atoms with Crippen molar-refractivity contribution < 1.29 is 14.3 Å². The lowest BCUT2D eigenvalue weighted by atomic mass is 10.1. The molecule has 0 fully saturated rings. The molecule has 2 aromatic carbocycles. The average Bonchev–Trinajstić information content (AvgIpc) is 2.68. The predicted molar refractivity (Wildman–Crippen MR) is 107 cm³/mol. The summed E-state index contributed by atoms with van der Waals surface area (Å²) in [5.74, 6) is -0.191. The summed E-state index contributed by atoms with van der Waals surface area (Å²) in [6.07, 6.45) is 0.0326. The quantitative estimate of drug-likeness (QED) is 0.713. The van der Waals surface area contributed by atoms with Crippen LogP contribution in [0.25, 0.3) is 0 Å². The van der Waals surface area contributed by atoms with E-state index >= 15 is 0 Å². The van der Waals surface area contributed by atoms with Gasteiger partial charge >= 0.3 is 0 Å². The molecule has 0 unspecified atom stereocenters. The molecule has 0 heterocycles. The van der Waals surface area contributed by atoms with Crippen LogP contribution in [0.3, 0.4) is 0 Å². The van der Waals surface area contributed by atoms with Crippen LogP contribution < -0.4 is 20.5 Å². The molecule has 0 radical (unpaired) electrons. The molecule has 0 aliphatic carbocycles. The average molecular weight is 390 g/mol. The number of benzene rings is 2. The van der Waals surface area contributed by atoms with E-state index in [9.17, 15) is 9.59 Å². The zero-order chi connectivity index (χ0) is 19.8. The topological polar surface area (TPSA) is 70.7 Å². The number of anilines is 1. The fourth-order valence-electron chi connectivity index (χ4n) is 2.71. The second-order valence-electron chi connectivity index (χ2n) is 5.85. The third kappa shape index (κ3) is 5.62. The van der Waals surface area contributed by atoms with E-state index in [0.29, 0.717) is 21.9 Å². The van der Waals surface area contributed by atoms with E-state index in [2.05, 4.69) is 29.6 Å². The molecule has 2 amide bonds. The standard InChI is InChI=1S/C20H24ClN3O3/c1-4-24(5-2)17-9-6-14(7-10-17)20(26)23-22-19(25)13-15-12-16(21)8-11-18(15)27-3/h6-12H,4-5,13H2,1-3H3,(H,22,25)(H,23,26). The number of carbonyl (C=O) groups excluding carboxylic acids is 2. The maximum Gasteiger partial charge on any atom is 0.269 e. The molecule has 6 nitrogen and oxygen atoms in total. The molecule has 2 N–H and O–H groups in total. The van der Waals surface area contributed by atoms with Crippen molar-refractivity contribution in [2.75, 3.05) is 25.1 Å². The summed E-state index contributed by atoms with van der Waals surface area (Å²) in [6.45, 7) is 5.94. The van der Waals surface area contributed by atoms with Crippen LogP contribution in [0.5, 0.6) is 5.75 Å². The Hall–Kier alpha value is -2.73. The van der Waals surface area contributed by atoms with Gasteiger partial charge in [0.05, 0.1) is 13.5 Å². The highest BCUT2D eigenvalue weighted by Gasteiger charge is 2.12. The molecule has 27 heavy (non-hydrogen) atoms. The lowest BCUT2D eigenvalue weighted by Gasteiger charge is -2.21. The maximum absolute atomic E-state index is 12.2. The molecule has 0 aliphatic heterocycles. The number of carbonyl (C=O) groups is 2. The normalized spacial score (nSPS) is 10.2. The molecule has 7 heteroatoms. The number of ether oxygens (including phenoxy) is 1. The van der Waals surface area contributed by atoms with Crippen LogP contribution in [-0.2, 0) is 11.2 Å². The SMILES string of the molecule is CCN(CC)c1ccc(C(=O)NNC(=O)Cc2cc(Cl)ccc2OC)cc1. The van der Waals surface area contributed by atoms with E-state index < -0.39 is 0 Å². The summed E-state index contributed by atoms with van der Waals surface area (Å²) in [4.78, 5) is 26.5. The van der Waals surface area contributed by atoms with Gasteiger partial charge < -0.3 is 9.64 Å². The Morgan fingerprint density at radius 2 is 1.70 bits per heavy atom. The van der Waals surface area contributed by atoms with Crippen molar-refractivity contribution in [1.29, 1.82) is 0 Å². The van der Waals surface area contributed by atoms with Crippen molar-refractivity contribution in [3.8, 4) is 5.75 Å². The highest BCUT2D eigenvalue weighted by atomic mass is 35.5. The first-order chi connectivity index (χ1) is 13.0. The van der Waals surface area contributed by atoms with Crippen LogP contribution in [0.2, 0.25) is 5.02 Å².